The normalized spacial score (nSPS) is 13.7. The van der Waals surface area contributed by atoms with E-state index in [9.17, 15) is 4.79 Å². The molecule has 0 saturated heterocycles. The second-order valence-electron chi connectivity index (χ2n) is 5.21. The number of anilines is 1. The predicted octanol–water partition coefficient (Wildman–Crippen LogP) is 1.79. The van der Waals surface area contributed by atoms with Crippen LogP contribution in [0.5, 0.6) is 0 Å². The third-order valence-corrected chi connectivity index (χ3v) is 3.70. The molecule has 1 amide bonds. The van der Waals surface area contributed by atoms with Crippen molar-refractivity contribution in [2.24, 2.45) is 18.7 Å². The first-order chi connectivity index (χ1) is 10.0. The Hall–Kier alpha value is -2.21. The van der Waals surface area contributed by atoms with Gasteiger partial charge in [0, 0.05) is 12.6 Å². The van der Waals surface area contributed by atoms with E-state index in [-0.39, 0.29) is 11.8 Å². The van der Waals surface area contributed by atoms with Crippen molar-refractivity contribution >= 4 is 11.6 Å². The molecule has 3 N–H and O–H groups in total. The van der Waals surface area contributed by atoms with Gasteiger partial charge < -0.3 is 15.6 Å². The van der Waals surface area contributed by atoms with Crippen molar-refractivity contribution in [1.29, 1.82) is 0 Å². The van der Waals surface area contributed by atoms with Gasteiger partial charge >= 0.3 is 0 Å². The molecule has 1 aromatic heterocycles. The summed E-state index contributed by atoms with van der Waals surface area (Å²) in [6.45, 7) is 3.99. The molecule has 0 radical (unpaired) electrons. The Morgan fingerprint density at radius 2 is 2.14 bits per heavy atom. The molecule has 2 aromatic rings. The van der Waals surface area contributed by atoms with Crippen molar-refractivity contribution in [2.75, 3.05) is 5.32 Å². The summed E-state index contributed by atoms with van der Waals surface area (Å²) >= 11 is 0. The maximum atomic E-state index is 12.2. The van der Waals surface area contributed by atoms with Gasteiger partial charge in [0.05, 0.1) is 11.7 Å². The number of hydrogen-bond donors (Lipinski definition) is 2. The van der Waals surface area contributed by atoms with Crippen LogP contribution in [0.3, 0.4) is 0 Å². The number of aromatic nitrogens is 3. The molecule has 21 heavy (non-hydrogen) atoms. The van der Waals surface area contributed by atoms with Gasteiger partial charge in [-0.3, -0.25) is 4.79 Å². The third-order valence-electron chi connectivity index (χ3n) is 3.70. The van der Waals surface area contributed by atoms with Crippen molar-refractivity contribution in [3.05, 3.63) is 30.6 Å². The largest absolute Gasteiger partial charge is 0.324 e. The maximum absolute atomic E-state index is 12.2. The summed E-state index contributed by atoms with van der Waals surface area (Å²) in [7, 11) is 1.86. The summed E-state index contributed by atoms with van der Waals surface area (Å²) in [5.41, 5.74) is 7.49. The van der Waals surface area contributed by atoms with Gasteiger partial charge in [-0.25, -0.2) is 0 Å². The van der Waals surface area contributed by atoms with E-state index in [0.717, 1.165) is 12.0 Å². The van der Waals surface area contributed by atoms with Crippen LogP contribution >= 0.6 is 0 Å². The van der Waals surface area contributed by atoms with Crippen LogP contribution in [0.1, 0.15) is 20.3 Å². The molecule has 0 spiro atoms. The Balaban J connectivity index is 2.26. The molecule has 1 aromatic carbocycles. The molecule has 2 unspecified atom stereocenters. The quantitative estimate of drug-likeness (QED) is 0.878. The van der Waals surface area contributed by atoms with E-state index in [4.69, 9.17) is 5.73 Å². The van der Waals surface area contributed by atoms with Crippen LogP contribution in [0.25, 0.3) is 11.4 Å². The van der Waals surface area contributed by atoms with Crippen LogP contribution in [0.2, 0.25) is 0 Å². The van der Waals surface area contributed by atoms with Gasteiger partial charge in [0.2, 0.25) is 5.91 Å². The maximum Gasteiger partial charge on any atom is 0.241 e. The van der Waals surface area contributed by atoms with Gasteiger partial charge in [0.25, 0.3) is 0 Å². The van der Waals surface area contributed by atoms with Gasteiger partial charge in [-0.05, 0) is 18.1 Å². The highest BCUT2D eigenvalue weighted by molar-refractivity contribution is 5.98. The molecule has 112 valence electrons. The number of nitrogens with zero attached hydrogens (tertiary/aromatic N) is 3. The average molecular weight is 287 g/mol. The molecule has 0 aliphatic rings. The number of para-hydroxylation sites is 1. The summed E-state index contributed by atoms with van der Waals surface area (Å²) in [6, 6.07) is 6.97. The Labute approximate surface area is 124 Å². The van der Waals surface area contributed by atoms with Gasteiger partial charge in [0.15, 0.2) is 5.82 Å². The molecule has 6 heteroatoms. The highest BCUT2D eigenvalue weighted by Crippen LogP contribution is 2.25. The number of carbonyl (C=O) groups is 1. The molecule has 1 heterocycles. The minimum Gasteiger partial charge on any atom is -0.324 e. The lowest BCUT2D eigenvalue weighted by atomic mass is 9.99. The molecule has 0 aliphatic heterocycles. The van der Waals surface area contributed by atoms with Gasteiger partial charge in [0.1, 0.15) is 6.33 Å². The smallest absolute Gasteiger partial charge is 0.241 e. The summed E-state index contributed by atoms with van der Waals surface area (Å²) in [5.74, 6) is 0.647. The van der Waals surface area contributed by atoms with Crippen molar-refractivity contribution in [3.8, 4) is 11.4 Å². The number of hydrogen-bond acceptors (Lipinski definition) is 4. The average Bonchev–Trinajstić information content (AvgIpc) is 2.92. The number of nitrogens with one attached hydrogen (secondary N) is 1. The second kappa shape index (κ2) is 6.49. The zero-order valence-corrected chi connectivity index (χ0v) is 12.6. The van der Waals surface area contributed by atoms with E-state index >= 15 is 0 Å². The lowest BCUT2D eigenvalue weighted by Gasteiger charge is -2.18. The van der Waals surface area contributed by atoms with Crippen LogP contribution in [0.15, 0.2) is 30.6 Å². The van der Waals surface area contributed by atoms with Crippen molar-refractivity contribution < 1.29 is 4.79 Å². The Morgan fingerprint density at radius 3 is 2.76 bits per heavy atom. The van der Waals surface area contributed by atoms with Gasteiger partial charge in [-0.2, -0.15) is 0 Å². The van der Waals surface area contributed by atoms with E-state index in [0.29, 0.717) is 11.5 Å². The van der Waals surface area contributed by atoms with Gasteiger partial charge in [-0.1, -0.05) is 32.4 Å². The SMILES string of the molecule is CCC(C)C(N)C(=O)Nc1ccccc1-c1nncn1C. The monoisotopic (exact) mass is 287 g/mol. The molecule has 0 saturated carbocycles. The van der Waals surface area contributed by atoms with Crippen LogP contribution in [0, 0.1) is 5.92 Å². The molecular formula is C15H21N5O. The minimum absolute atomic E-state index is 0.131. The lowest BCUT2D eigenvalue weighted by Crippen LogP contribution is -2.40. The fourth-order valence-electron chi connectivity index (χ4n) is 2.04. The van der Waals surface area contributed by atoms with E-state index in [1.807, 2.05) is 45.2 Å². The first kappa shape index (κ1) is 15.2. The Bertz CT molecular complexity index is 622. The number of aryl methyl sites for hydroxylation is 1. The minimum atomic E-state index is -0.525. The second-order valence-corrected chi connectivity index (χ2v) is 5.21. The van der Waals surface area contributed by atoms with Crippen molar-refractivity contribution in [3.63, 3.8) is 0 Å². The fraction of sp³-hybridized carbons (Fsp3) is 0.400. The van der Waals surface area contributed by atoms with Crippen LogP contribution < -0.4 is 11.1 Å². The number of rotatable bonds is 5. The van der Waals surface area contributed by atoms with E-state index in [1.54, 1.807) is 10.9 Å². The van der Waals surface area contributed by atoms with E-state index < -0.39 is 6.04 Å². The fourth-order valence-corrected chi connectivity index (χ4v) is 2.04. The topological polar surface area (TPSA) is 85.8 Å². The van der Waals surface area contributed by atoms with Gasteiger partial charge in [-0.15, -0.1) is 10.2 Å². The van der Waals surface area contributed by atoms with Crippen LogP contribution in [-0.4, -0.2) is 26.7 Å². The van der Waals surface area contributed by atoms with Crippen LogP contribution in [-0.2, 0) is 11.8 Å². The van der Waals surface area contributed by atoms with E-state index in [1.165, 1.54) is 0 Å². The molecule has 2 rings (SSSR count). The van der Waals surface area contributed by atoms with E-state index in [2.05, 4.69) is 15.5 Å². The summed E-state index contributed by atoms with van der Waals surface area (Å²) in [6.07, 6.45) is 2.48. The highest BCUT2D eigenvalue weighted by atomic mass is 16.2. The number of nitrogens with two attached hydrogens (primary N) is 1. The zero-order chi connectivity index (χ0) is 15.4. The first-order valence-corrected chi connectivity index (χ1v) is 7.04. The molecule has 2 atom stereocenters. The Morgan fingerprint density at radius 1 is 1.43 bits per heavy atom. The third kappa shape index (κ3) is 3.28. The summed E-state index contributed by atoms with van der Waals surface area (Å²) in [4.78, 5) is 12.2. The number of carbonyl (C=O) groups excluding carboxylic acids is 1. The standard InChI is InChI=1S/C15H21N5O/c1-4-10(2)13(16)15(21)18-12-8-6-5-7-11(12)14-19-17-9-20(14)3/h5-10,13H,4,16H2,1-3H3,(H,18,21). The molecule has 6 nitrogen and oxygen atoms in total. The molecule has 0 fully saturated rings. The Kier molecular flexibility index (Phi) is 4.70. The molecule has 0 aliphatic carbocycles. The number of amides is 1. The number of benzene rings is 1. The zero-order valence-electron chi connectivity index (χ0n) is 12.6. The van der Waals surface area contributed by atoms with Crippen LogP contribution in [0.4, 0.5) is 5.69 Å². The van der Waals surface area contributed by atoms with Crippen molar-refractivity contribution in [1.82, 2.24) is 14.8 Å². The first-order valence-electron chi connectivity index (χ1n) is 7.04. The molecule has 0 bridgehead atoms. The summed E-state index contributed by atoms with van der Waals surface area (Å²) < 4.78 is 1.81. The molecular weight excluding hydrogens is 266 g/mol. The van der Waals surface area contributed by atoms with Crippen molar-refractivity contribution in [2.45, 2.75) is 26.3 Å². The summed E-state index contributed by atoms with van der Waals surface area (Å²) in [5, 5.41) is 10.8. The predicted molar refractivity (Wildman–Crippen MR) is 82.5 cm³/mol. The highest BCUT2D eigenvalue weighted by Gasteiger charge is 2.21. The lowest BCUT2D eigenvalue weighted by molar-refractivity contribution is -0.118.